The normalized spacial score (nSPS) is 23.6. The fourth-order valence-corrected chi connectivity index (χ4v) is 2.11. The Morgan fingerprint density at radius 2 is 2.33 bits per heavy atom. The summed E-state index contributed by atoms with van der Waals surface area (Å²) in [5, 5.41) is 9.85. The van der Waals surface area contributed by atoms with Gasteiger partial charge in [-0.2, -0.15) is 0 Å². The largest absolute Gasteiger partial charge is 0.393 e. The summed E-state index contributed by atoms with van der Waals surface area (Å²) in [7, 11) is 0. The highest BCUT2D eigenvalue weighted by Crippen LogP contribution is 2.32. The van der Waals surface area contributed by atoms with Crippen LogP contribution in [0.1, 0.15) is 11.9 Å². The first-order valence-corrected chi connectivity index (χ1v) is 5.62. The van der Waals surface area contributed by atoms with Crippen molar-refractivity contribution in [1.29, 1.82) is 0 Å². The van der Waals surface area contributed by atoms with Crippen molar-refractivity contribution in [1.82, 2.24) is 14.5 Å². The third kappa shape index (κ3) is 1.61. The van der Waals surface area contributed by atoms with E-state index in [-0.39, 0.29) is 6.61 Å². The first kappa shape index (κ1) is 11.3. The van der Waals surface area contributed by atoms with Crippen molar-refractivity contribution in [3.05, 3.63) is 36.2 Å². The van der Waals surface area contributed by atoms with Gasteiger partial charge in [0.15, 0.2) is 6.23 Å². The molecule has 3 rings (SSSR count). The molecule has 0 bridgehead atoms. The number of nitrogens with zero attached hydrogens (tertiary/aromatic N) is 3. The third-order valence-electron chi connectivity index (χ3n) is 3.03. The molecule has 0 fully saturated rings. The smallest absolute Gasteiger partial charge is 0.188 e. The van der Waals surface area contributed by atoms with Gasteiger partial charge in [-0.3, -0.25) is 4.57 Å². The maximum atomic E-state index is 13.8. The van der Waals surface area contributed by atoms with Gasteiger partial charge in [-0.05, 0) is 19.1 Å². The van der Waals surface area contributed by atoms with Gasteiger partial charge in [-0.25, -0.2) is 14.4 Å². The van der Waals surface area contributed by atoms with Crippen molar-refractivity contribution in [3.63, 3.8) is 0 Å². The van der Waals surface area contributed by atoms with E-state index in [1.165, 1.54) is 12.4 Å². The Bertz CT molecular complexity index is 623. The number of halogens is 1. The Kier molecular flexibility index (Phi) is 2.61. The Hall–Kier alpha value is -1.79. The Morgan fingerprint density at radius 1 is 1.50 bits per heavy atom. The number of ether oxygens (including phenoxy) is 1. The number of rotatable bonds is 2. The number of aromatic nitrogens is 3. The lowest BCUT2D eigenvalue weighted by Crippen LogP contribution is -2.16. The summed E-state index contributed by atoms with van der Waals surface area (Å²) in [6, 6.07) is 1.83. The van der Waals surface area contributed by atoms with E-state index < -0.39 is 18.2 Å². The van der Waals surface area contributed by atoms with Gasteiger partial charge < -0.3 is 9.84 Å². The van der Waals surface area contributed by atoms with Crippen LogP contribution in [0.15, 0.2) is 30.5 Å². The highest BCUT2D eigenvalue weighted by atomic mass is 19.1. The second-order valence-electron chi connectivity index (χ2n) is 4.18. The molecule has 1 aliphatic heterocycles. The number of hydrogen-bond donors (Lipinski definition) is 1. The van der Waals surface area contributed by atoms with Crippen molar-refractivity contribution >= 4 is 11.0 Å². The number of aryl methyl sites for hydroxylation is 1. The predicted octanol–water partition coefficient (Wildman–Crippen LogP) is 1.48. The Balaban J connectivity index is 2.06. The molecular weight excluding hydrogens is 237 g/mol. The zero-order chi connectivity index (χ0) is 12.7. The zero-order valence-electron chi connectivity index (χ0n) is 9.75. The molecule has 2 atom stereocenters. The number of fused-ring (bicyclic) bond motifs is 1. The molecule has 1 aliphatic rings. The van der Waals surface area contributed by atoms with E-state index in [2.05, 4.69) is 9.97 Å². The van der Waals surface area contributed by atoms with Crippen molar-refractivity contribution in [2.75, 3.05) is 6.61 Å². The lowest BCUT2D eigenvalue weighted by molar-refractivity contribution is -0.0171. The maximum Gasteiger partial charge on any atom is 0.188 e. The van der Waals surface area contributed by atoms with Crippen LogP contribution in [0, 0.1) is 6.92 Å². The fraction of sp³-hybridized carbons (Fsp3) is 0.333. The van der Waals surface area contributed by atoms with Crippen molar-refractivity contribution in [2.24, 2.45) is 0 Å². The van der Waals surface area contributed by atoms with Crippen LogP contribution in [0.3, 0.4) is 0 Å². The minimum absolute atomic E-state index is 0.239. The molecule has 5 nitrogen and oxygen atoms in total. The van der Waals surface area contributed by atoms with E-state index in [1.54, 1.807) is 10.8 Å². The molecule has 2 aromatic rings. The molecule has 0 spiro atoms. The van der Waals surface area contributed by atoms with E-state index in [4.69, 9.17) is 9.84 Å². The average molecular weight is 249 g/mol. The van der Waals surface area contributed by atoms with Crippen LogP contribution in [-0.2, 0) is 4.74 Å². The lowest BCUT2D eigenvalue weighted by atomic mass is 10.3. The van der Waals surface area contributed by atoms with Gasteiger partial charge in [0.25, 0.3) is 0 Å². The van der Waals surface area contributed by atoms with E-state index in [0.29, 0.717) is 5.65 Å². The molecule has 94 valence electrons. The second kappa shape index (κ2) is 4.15. The van der Waals surface area contributed by atoms with Gasteiger partial charge in [0.2, 0.25) is 0 Å². The van der Waals surface area contributed by atoms with Crippen LogP contribution in [0.4, 0.5) is 4.39 Å². The minimum Gasteiger partial charge on any atom is -0.393 e. The summed E-state index contributed by atoms with van der Waals surface area (Å²) in [6.45, 7) is 1.63. The fourth-order valence-electron chi connectivity index (χ4n) is 2.11. The summed E-state index contributed by atoms with van der Waals surface area (Å²) < 4.78 is 20.8. The molecule has 0 aromatic carbocycles. The first-order valence-electron chi connectivity index (χ1n) is 5.62. The molecular formula is C12H12FN3O2. The van der Waals surface area contributed by atoms with Gasteiger partial charge in [0, 0.05) is 11.6 Å². The molecule has 0 aliphatic carbocycles. The predicted molar refractivity (Wildman–Crippen MR) is 62.5 cm³/mol. The van der Waals surface area contributed by atoms with Crippen molar-refractivity contribution < 1.29 is 14.2 Å². The Morgan fingerprint density at radius 3 is 3.06 bits per heavy atom. The lowest BCUT2D eigenvalue weighted by Gasteiger charge is -2.15. The van der Waals surface area contributed by atoms with E-state index in [9.17, 15) is 4.39 Å². The van der Waals surface area contributed by atoms with Crippen LogP contribution < -0.4 is 0 Å². The standard InChI is InChI=1S/C12H12FN3O2/c1-7-9-2-3-16(11(9)15-6-14-7)12-10(13)4-8(5-17)18-12/h2-4,6,8,12,17H,5H2,1H3. The summed E-state index contributed by atoms with van der Waals surface area (Å²) in [4.78, 5) is 8.23. The van der Waals surface area contributed by atoms with Crippen molar-refractivity contribution in [2.45, 2.75) is 19.3 Å². The van der Waals surface area contributed by atoms with E-state index in [0.717, 1.165) is 11.1 Å². The molecule has 3 heterocycles. The number of hydrogen-bond acceptors (Lipinski definition) is 4. The highest BCUT2D eigenvalue weighted by Gasteiger charge is 2.29. The molecule has 18 heavy (non-hydrogen) atoms. The quantitative estimate of drug-likeness (QED) is 0.875. The van der Waals surface area contributed by atoms with Gasteiger partial charge in [-0.15, -0.1) is 0 Å². The van der Waals surface area contributed by atoms with Crippen LogP contribution in [0.2, 0.25) is 0 Å². The van der Waals surface area contributed by atoms with Crippen LogP contribution in [0.25, 0.3) is 11.0 Å². The third-order valence-corrected chi connectivity index (χ3v) is 3.03. The van der Waals surface area contributed by atoms with E-state index >= 15 is 0 Å². The summed E-state index contributed by atoms with van der Waals surface area (Å²) in [6.07, 6.45) is 2.98. The Labute approximate surface area is 103 Å². The SMILES string of the molecule is Cc1ncnc2c1ccn2C1OC(CO)C=C1F. The van der Waals surface area contributed by atoms with Gasteiger partial charge in [0.1, 0.15) is 23.9 Å². The zero-order valence-corrected chi connectivity index (χ0v) is 9.75. The molecule has 0 saturated heterocycles. The average Bonchev–Trinajstić information content (AvgIpc) is 2.93. The van der Waals surface area contributed by atoms with E-state index in [1.807, 2.05) is 13.0 Å². The van der Waals surface area contributed by atoms with Crippen LogP contribution >= 0.6 is 0 Å². The molecule has 2 unspecified atom stereocenters. The molecule has 0 amide bonds. The van der Waals surface area contributed by atoms with Crippen LogP contribution in [0.5, 0.6) is 0 Å². The van der Waals surface area contributed by atoms with Gasteiger partial charge in [0.05, 0.1) is 12.3 Å². The highest BCUT2D eigenvalue weighted by molar-refractivity contribution is 5.78. The maximum absolute atomic E-state index is 13.8. The topological polar surface area (TPSA) is 60.2 Å². The van der Waals surface area contributed by atoms with Gasteiger partial charge in [-0.1, -0.05) is 0 Å². The molecule has 6 heteroatoms. The molecule has 0 saturated carbocycles. The molecule has 1 N–H and O–H groups in total. The summed E-state index contributed by atoms with van der Waals surface area (Å²) in [5.41, 5.74) is 1.45. The second-order valence-corrected chi connectivity index (χ2v) is 4.18. The number of aliphatic hydroxyl groups excluding tert-OH is 1. The monoisotopic (exact) mass is 249 g/mol. The number of aliphatic hydroxyl groups is 1. The first-order chi connectivity index (χ1) is 8.70. The molecule has 0 radical (unpaired) electrons. The summed E-state index contributed by atoms with van der Waals surface area (Å²) >= 11 is 0. The summed E-state index contributed by atoms with van der Waals surface area (Å²) in [5.74, 6) is -0.414. The minimum atomic E-state index is -0.853. The molecule has 2 aromatic heterocycles. The van der Waals surface area contributed by atoms with Gasteiger partial charge >= 0.3 is 0 Å². The van der Waals surface area contributed by atoms with Crippen LogP contribution in [-0.4, -0.2) is 32.4 Å². The van der Waals surface area contributed by atoms with Crippen molar-refractivity contribution in [3.8, 4) is 0 Å².